The van der Waals surface area contributed by atoms with Gasteiger partial charge in [0, 0.05) is 12.1 Å². The molecule has 22 heavy (non-hydrogen) atoms. The molecule has 0 saturated carbocycles. The molecule has 0 aliphatic heterocycles. The lowest BCUT2D eigenvalue weighted by atomic mass is 10.1. The van der Waals surface area contributed by atoms with Crippen molar-refractivity contribution in [1.29, 1.82) is 0 Å². The number of sulfonamides is 1. The first-order valence-corrected chi connectivity index (χ1v) is 8.33. The molecule has 114 valence electrons. The van der Waals surface area contributed by atoms with Gasteiger partial charge < -0.3 is 0 Å². The van der Waals surface area contributed by atoms with Crippen molar-refractivity contribution in [1.82, 2.24) is 0 Å². The monoisotopic (exact) mass is 318 g/mol. The Morgan fingerprint density at radius 3 is 2.59 bits per heavy atom. The van der Waals surface area contributed by atoms with Crippen molar-refractivity contribution >= 4 is 21.4 Å². The molecular formula is C15H14N2O4S. The van der Waals surface area contributed by atoms with Gasteiger partial charge in [-0.3, -0.25) is 14.8 Å². The fourth-order valence-corrected chi connectivity index (χ4v) is 3.71. The van der Waals surface area contributed by atoms with E-state index in [0.717, 1.165) is 24.8 Å². The lowest BCUT2D eigenvalue weighted by Gasteiger charge is -2.09. The maximum absolute atomic E-state index is 12.4. The van der Waals surface area contributed by atoms with E-state index in [1.54, 1.807) is 12.1 Å². The number of fused-ring (bicyclic) bond motifs is 1. The highest BCUT2D eigenvalue weighted by molar-refractivity contribution is 7.92. The third-order valence-electron chi connectivity index (χ3n) is 3.69. The third-order valence-corrected chi connectivity index (χ3v) is 5.07. The van der Waals surface area contributed by atoms with E-state index in [9.17, 15) is 18.5 Å². The van der Waals surface area contributed by atoms with Gasteiger partial charge in [0.25, 0.3) is 15.7 Å². The lowest BCUT2D eigenvalue weighted by molar-refractivity contribution is -0.384. The van der Waals surface area contributed by atoms with Gasteiger partial charge in [-0.05, 0) is 48.6 Å². The quantitative estimate of drug-likeness (QED) is 0.693. The summed E-state index contributed by atoms with van der Waals surface area (Å²) in [5.74, 6) is 0. The van der Waals surface area contributed by atoms with Gasteiger partial charge in [0.1, 0.15) is 0 Å². The van der Waals surface area contributed by atoms with Crippen LogP contribution in [0.15, 0.2) is 47.4 Å². The van der Waals surface area contributed by atoms with Crippen LogP contribution in [0.25, 0.3) is 0 Å². The summed E-state index contributed by atoms with van der Waals surface area (Å²) in [5.41, 5.74) is 2.26. The van der Waals surface area contributed by atoms with Crippen molar-refractivity contribution in [2.24, 2.45) is 0 Å². The second-order valence-electron chi connectivity index (χ2n) is 5.20. The number of nitrogens with one attached hydrogen (secondary N) is 1. The van der Waals surface area contributed by atoms with Crippen molar-refractivity contribution in [3.8, 4) is 0 Å². The number of hydrogen-bond acceptors (Lipinski definition) is 4. The van der Waals surface area contributed by atoms with Crippen molar-refractivity contribution < 1.29 is 13.3 Å². The van der Waals surface area contributed by atoms with Crippen LogP contribution in [0.2, 0.25) is 0 Å². The zero-order valence-electron chi connectivity index (χ0n) is 11.7. The normalized spacial score (nSPS) is 13.6. The highest BCUT2D eigenvalue weighted by Gasteiger charge is 2.19. The standard InChI is InChI=1S/C15H14N2O4S/c18-17(19)14-6-2-5-13(10-14)16-22(20,21)15-8-7-11-3-1-4-12(11)9-15/h2,5-10,16H,1,3-4H2. The molecule has 0 spiro atoms. The van der Waals surface area contributed by atoms with E-state index in [1.807, 2.05) is 6.07 Å². The summed E-state index contributed by atoms with van der Waals surface area (Å²) in [5, 5.41) is 10.7. The van der Waals surface area contributed by atoms with E-state index >= 15 is 0 Å². The van der Waals surface area contributed by atoms with Crippen LogP contribution in [0.1, 0.15) is 17.5 Å². The van der Waals surface area contributed by atoms with E-state index in [-0.39, 0.29) is 16.3 Å². The van der Waals surface area contributed by atoms with Crippen LogP contribution in [0.3, 0.4) is 0 Å². The Bertz CT molecular complexity index is 846. The summed E-state index contributed by atoms with van der Waals surface area (Å²) in [7, 11) is -3.75. The minimum absolute atomic E-state index is 0.158. The van der Waals surface area contributed by atoms with Crippen molar-refractivity contribution in [3.05, 3.63) is 63.7 Å². The smallest absolute Gasteiger partial charge is 0.271 e. The average molecular weight is 318 g/mol. The van der Waals surface area contributed by atoms with Crippen molar-refractivity contribution in [3.63, 3.8) is 0 Å². The first-order chi connectivity index (χ1) is 10.5. The molecule has 0 saturated heterocycles. The number of nitrogens with zero attached hydrogens (tertiary/aromatic N) is 1. The minimum Gasteiger partial charge on any atom is -0.279 e. The number of nitro benzene ring substituents is 1. The molecule has 7 heteroatoms. The van der Waals surface area contributed by atoms with Crippen LogP contribution in [0, 0.1) is 10.1 Å². The zero-order valence-corrected chi connectivity index (χ0v) is 12.5. The summed E-state index contributed by atoms with van der Waals surface area (Å²) in [4.78, 5) is 10.4. The van der Waals surface area contributed by atoms with Gasteiger partial charge in [0.2, 0.25) is 0 Å². The average Bonchev–Trinajstić information content (AvgIpc) is 2.94. The fourth-order valence-electron chi connectivity index (χ4n) is 2.61. The predicted octanol–water partition coefficient (Wildman–Crippen LogP) is 2.88. The van der Waals surface area contributed by atoms with Gasteiger partial charge in [0.05, 0.1) is 15.5 Å². The highest BCUT2D eigenvalue weighted by atomic mass is 32.2. The zero-order chi connectivity index (χ0) is 15.7. The maximum Gasteiger partial charge on any atom is 0.271 e. The number of nitro groups is 1. The van der Waals surface area contributed by atoms with E-state index in [1.165, 1.54) is 29.8 Å². The van der Waals surface area contributed by atoms with E-state index in [4.69, 9.17) is 0 Å². The number of rotatable bonds is 4. The highest BCUT2D eigenvalue weighted by Crippen LogP contribution is 2.26. The Hall–Kier alpha value is -2.41. The molecule has 6 nitrogen and oxygen atoms in total. The topological polar surface area (TPSA) is 89.3 Å². The molecule has 0 heterocycles. The molecule has 0 unspecified atom stereocenters. The molecule has 0 atom stereocenters. The van der Waals surface area contributed by atoms with E-state index in [2.05, 4.69) is 4.72 Å². The van der Waals surface area contributed by atoms with Crippen LogP contribution in [0.4, 0.5) is 11.4 Å². The Morgan fingerprint density at radius 2 is 1.82 bits per heavy atom. The van der Waals surface area contributed by atoms with Crippen LogP contribution >= 0.6 is 0 Å². The summed E-state index contributed by atoms with van der Waals surface area (Å²) < 4.78 is 27.2. The van der Waals surface area contributed by atoms with Gasteiger partial charge in [-0.1, -0.05) is 12.1 Å². The molecule has 3 rings (SSSR count). The molecule has 2 aromatic rings. The first-order valence-electron chi connectivity index (χ1n) is 6.85. The Balaban J connectivity index is 1.90. The van der Waals surface area contributed by atoms with Gasteiger partial charge in [-0.15, -0.1) is 0 Å². The van der Waals surface area contributed by atoms with Gasteiger partial charge in [-0.2, -0.15) is 0 Å². The number of benzene rings is 2. The lowest BCUT2D eigenvalue weighted by Crippen LogP contribution is -2.13. The van der Waals surface area contributed by atoms with Crippen LogP contribution in [-0.4, -0.2) is 13.3 Å². The molecule has 2 aromatic carbocycles. The Morgan fingerprint density at radius 1 is 1.05 bits per heavy atom. The second kappa shape index (κ2) is 5.42. The fraction of sp³-hybridized carbons (Fsp3) is 0.200. The Kier molecular flexibility index (Phi) is 3.58. The molecule has 0 radical (unpaired) electrons. The van der Waals surface area contributed by atoms with Crippen molar-refractivity contribution in [2.45, 2.75) is 24.2 Å². The first kappa shape index (κ1) is 14.5. The van der Waals surface area contributed by atoms with Crippen molar-refractivity contribution in [2.75, 3.05) is 4.72 Å². The van der Waals surface area contributed by atoms with Gasteiger partial charge in [-0.25, -0.2) is 8.42 Å². The predicted molar refractivity (Wildman–Crippen MR) is 82.4 cm³/mol. The van der Waals surface area contributed by atoms with Crippen LogP contribution in [0.5, 0.6) is 0 Å². The summed E-state index contributed by atoms with van der Waals surface area (Å²) in [6.07, 6.45) is 2.90. The minimum atomic E-state index is -3.75. The molecule has 0 amide bonds. The summed E-state index contributed by atoms with van der Waals surface area (Å²) in [6, 6.07) is 10.5. The maximum atomic E-state index is 12.4. The molecular weight excluding hydrogens is 304 g/mol. The molecule has 0 fully saturated rings. The SMILES string of the molecule is O=[N+]([O-])c1cccc(NS(=O)(=O)c2ccc3c(c2)CCC3)c1. The molecule has 0 bridgehead atoms. The molecule has 0 aromatic heterocycles. The largest absolute Gasteiger partial charge is 0.279 e. The third kappa shape index (κ3) is 2.80. The van der Waals surface area contributed by atoms with Gasteiger partial charge in [0.15, 0.2) is 0 Å². The summed E-state index contributed by atoms with van der Waals surface area (Å²) >= 11 is 0. The number of hydrogen-bond donors (Lipinski definition) is 1. The molecule has 1 aliphatic rings. The van der Waals surface area contributed by atoms with Gasteiger partial charge >= 0.3 is 0 Å². The number of non-ortho nitro benzene ring substituents is 1. The number of aryl methyl sites for hydroxylation is 2. The Labute approximate surface area is 128 Å². The molecule has 1 aliphatic carbocycles. The molecule has 1 N–H and O–H groups in total. The van der Waals surface area contributed by atoms with E-state index < -0.39 is 14.9 Å². The van der Waals surface area contributed by atoms with Crippen LogP contribution in [-0.2, 0) is 22.9 Å². The van der Waals surface area contributed by atoms with E-state index in [0.29, 0.717) is 0 Å². The van der Waals surface area contributed by atoms with Crippen LogP contribution < -0.4 is 4.72 Å². The second-order valence-corrected chi connectivity index (χ2v) is 6.88. The number of anilines is 1. The summed E-state index contributed by atoms with van der Waals surface area (Å²) in [6.45, 7) is 0.